The Morgan fingerprint density at radius 3 is 2.37 bits per heavy atom. The third-order valence-corrected chi connectivity index (χ3v) is 3.13. The lowest BCUT2D eigenvalue weighted by atomic mass is 10.1. The number of nitrogens with zero attached hydrogens (tertiary/aromatic N) is 1. The number of hydrogen-bond acceptors (Lipinski definition) is 5. The summed E-state index contributed by atoms with van der Waals surface area (Å²) in [6, 6.07) is 4.57. The number of rotatable bonds is 7. The van der Waals surface area contributed by atoms with Gasteiger partial charge in [0.25, 0.3) is 0 Å². The first kappa shape index (κ1) is 15.8. The number of benzene rings is 1. The molecule has 0 aliphatic heterocycles. The van der Waals surface area contributed by atoms with Crippen LogP contribution < -0.4 is 0 Å². The van der Waals surface area contributed by atoms with Gasteiger partial charge in [-0.2, -0.15) is 0 Å². The first-order chi connectivity index (χ1) is 8.95. The van der Waals surface area contributed by atoms with E-state index in [9.17, 15) is 15.3 Å². The normalized spacial score (nSPS) is 13.2. The number of hydrogen-bond donors (Lipinski definition) is 4. The van der Waals surface area contributed by atoms with E-state index in [0.717, 1.165) is 0 Å². The Morgan fingerprint density at radius 2 is 1.84 bits per heavy atom. The molecule has 0 aromatic heterocycles. The van der Waals surface area contributed by atoms with Crippen LogP contribution in [0.1, 0.15) is 31.9 Å². The highest BCUT2D eigenvalue weighted by Crippen LogP contribution is 2.28. The second-order valence-corrected chi connectivity index (χ2v) is 4.93. The maximum atomic E-state index is 10.2. The van der Waals surface area contributed by atoms with Crippen molar-refractivity contribution < 1.29 is 20.4 Å². The van der Waals surface area contributed by atoms with Gasteiger partial charge >= 0.3 is 0 Å². The summed E-state index contributed by atoms with van der Waals surface area (Å²) in [4.78, 5) is 2.06. The van der Waals surface area contributed by atoms with Crippen LogP contribution in [0, 0.1) is 0 Å². The van der Waals surface area contributed by atoms with Gasteiger partial charge in [0.05, 0.1) is 6.10 Å². The second-order valence-electron chi connectivity index (χ2n) is 4.93. The van der Waals surface area contributed by atoms with Gasteiger partial charge in [-0.3, -0.25) is 4.90 Å². The SMILES string of the molecule is CC(C)N(CCCO)CC(O)c1ccc(O)c(O)c1. The molecule has 1 atom stereocenters. The van der Waals surface area contributed by atoms with Crippen LogP contribution in [0.4, 0.5) is 0 Å². The molecule has 19 heavy (non-hydrogen) atoms. The highest BCUT2D eigenvalue weighted by atomic mass is 16.3. The smallest absolute Gasteiger partial charge is 0.157 e. The van der Waals surface area contributed by atoms with Gasteiger partial charge in [0, 0.05) is 25.7 Å². The minimum absolute atomic E-state index is 0.124. The van der Waals surface area contributed by atoms with Crippen LogP contribution in [0.15, 0.2) is 18.2 Å². The van der Waals surface area contributed by atoms with Crippen LogP contribution in [0.3, 0.4) is 0 Å². The molecule has 5 nitrogen and oxygen atoms in total. The van der Waals surface area contributed by atoms with Gasteiger partial charge < -0.3 is 20.4 Å². The summed E-state index contributed by atoms with van der Waals surface area (Å²) >= 11 is 0. The molecule has 4 N–H and O–H groups in total. The number of aliphatic hydroxyl groups is 2. The number of aliphatic hydroxyl groups excluding tert-OH is 2. The molecule has 0 bridgehead atoms. The molecule has 0 fully saturated rings. The summed E-state index contributed by atoms with van der Waals surface area (Å²) in [5.41, 5.74) is 0.560. The quantitative estimate of drug-likeness (QED) is 0.559. The minimum Gasteiger partial charge on any atom is -0.504 e. The Kier molecular flexibility index (Phi) is 6.08. The Morgan fingerprint density at radius 1 is 1.16 bits per heavy atom. The Balaban J connectivity index is 2.69. The molecule has 1 rings (SSSR count). The van der Waals surface area contributed by atoms with Crippen molar-refractivity contribution in [1.82, 2.24) is 4.90 Å². The Hall–Kier alpha value is -1.30. The van der Waals surface area contributed by atoms with Crippen molar-refractivity contribution in [1.29, 1.82) is 0 Å². The average Bonchev–Trinajstić information content (AvgIpc) is 2.37. The van der Waals surface area contributed by atoms with Crippen molar-refractivity contribution in [2.24, 2.45) is 0 Å². The van der Waals surface area contributed by atoms with Crippen molar-refractivity contribution in [3.8, 4) is 11.5 Å². The molecule has 0 saturated heterocycles. The molecule has 1 aromatic rings. The topological polar surface area (TPSA) is 84.2 Å². The fourth-order valence-electron chi connectivity index (χ4n) is 1.91. The zero-order valence-electron chi connectivity index (χ0n) is 11.5. The lowest BCUT2D eigenvalue weighted by molar-refractivity contribution is 0.0901. The molecular weight excluding hydrogens is 246 g/mol. The predicted octanol–water partition coefficient (Wildman–Crippen LogP) is 1.22. The highest BCUT2D eigenvalue weighted by Gasteiger charge is 2.16. The molecule has 0 aliphatic carbocycles. The van der Waals surface area contributed by atoms with Crippen molar-refractivity contribution in [3.05, 3.63) is 23.8 Å². The van der Waals surface area contributed by atoms with Crippen molar-refractivity contribution in [3.63, 3.8) is 0 Å². The predicted molar refractivity (Wildman–Crippen MR) is 73.1 cm³/mol. The minimum atomic E-state index is -0.743. The molecule has 108 valence electrons. The fraction of sp³-hybridized carbons (Fsp3) is 0.571. The van der Waals surface area contributed by atoms with Gasteiger partial charge in [0.2, 0.25) is 0 Å². The van der Waals surface area contributed by atoms with Crippen LogP contribution in [0.5, 0.6) is 11.5 Å². The van der Waals surface area contributed by atoms with Crippen molar-refractivity contribution in [2.75, 3.05) is 19.7 Å². The third-order valence-electron chi connectivity index (χ3n) is 3.13. The maximum Gasteiger partial charge on any atom is 0.157 e. The summed E-state index contributed by atoms with van der Waals surface area (Å²) in [5.74, 6) is -0.431. The molecule has 0 saturated carbocycles. The first-order valence-electron chi connectivity index (χ1n) is 6.50. The zero-order chi connectivity index (χ0) is 14.4. The summed E-state index contributed by atoms with van der Waals surface area (Å²) in [6.45, 7) is 5.30. The van der Waals surface area contributed by atoms with Crippen LogP contribution in [0.25, 0.3) is 0 Å². The molecule has 0 amide bonds. The Labute approximate surface area is 113 Å². The molecule has 0 aliphatic rings. The largest absolute Gasteiger partial charge is 0.504 e. The lowest BCUT2D eigenvalue weighted by Gasteiger charge is -2.28. The number of phenolic OH excluding ortho intramolecular Hbond substituents is 2. The molecule has 1 unspecified atom stereocenters. The summed E-state index contributed by atoms with van der Waals surface area (Å²) in [6.07, 6.45) is -0.0845. The molecule has 0 radical (unpaired) electrons. The highest BCUT2D eigenvalue weighted by molar-refractivity contribution is 5.41. The van der Waals surface area contributed by atoms with Gasteiger partial charge in [0.15, 0.2) is 11.5 Å². The molecular formula is C14H23NO4. The second kappa shape index (κ2) is 7.33. The van der Waals surface area contributed by atoms with Gasteiger partial charge in [-0.05, 0) is 38.0 Å². The van der Waals surface area contributed by atoms with E-state index < -0.39 is 6.10 Å². The molecule has 0 heterocycles. The zero-order valence-corrected chi connectivity index (χ0v) is 11.5. The van der Waals surface area contributed by atoms with E-state index in [2.05, 4.69) is 4.90 Å². The molecule has 5 heteroatoms. The van der Waals surface area contributed by atoms with E-state index in [1.165, 1.54) is 12.1 Å². The van der Waals surface area contributed by atoms with Crippen LogP contribution in [0.2, 0.25) is 0 Å². The van der Waals surface area contributed by atoms with Crippen LogP contribution in [-0.4, -0.2) is 51.1 Å². The Bertz CT molecular complexity index is 395. The van der Waals surface area contributed by atoms with E-state index in [1.807, 2.05) is 13.8 Å². The number of aromatic hydroxyl groups is 2. The van der Waals surface area contributed by atoms with Crippen LogP contribution in [-0.2, 0) is 0 Å². The number of phenols is 2. The molecule has 1 aromatic carbocycles. The summed E-state index contributed by atoms with van der Waals surface area (Å²) in [7, 11) is 0. The monoisotopic (exact) mass is 269 g/mol. The maximum absolute atomic E-state index is 10.2. The standard InChI is InChI=1S/C14H23NO4/c1-10(2)15(6-3-7-16)9-14(19)11-4-5-12(17)13(18)8-11/h4-5,8,10,14,16-19H,3,6-7,9H2,1-2H3. The van der Waals surface area contributed by atoms with Gasteiger partial charge in [-0.25, -0.2) is 0 Å². The van der Waals surface area contributed by atoms with Crippen molar-refractivity contribution >= 4 is 0 Å². The van der Waals surface area contributed by atoms with E-state index in [4.69, 9.17) is 5.11 Å². The van der Waals surface area contributed by atoms with Crippen molar-refractivity contribution in [2.45, 2.75) is 32.4 Å². The third kappa shape index (κ3) is 4.70. The van der Waals surface area contributed by atoms with E-state index in [1.54, 1.807) is 6.07 Å². The molecule has 0 spiro atoms. The van der Waals surface area contributed by atoms with Crippen LogP contribution >= 0.6 is 0 Å². The lowest BCUT2D eigenvalue weighted by Crippen LogP contribution is -2.35. The first-order valence-corrected chi connectivity index (χ1v) is 6.50. The van der Waals surface area contributed by atoms with Gasteiger partial charge in [-0.1, -0.05) is 6.07 Å². The van der Waals surface area contributed by atoms with Gasteiger partial charge in [0.1, 0.15) is 0 Å². The van der Waals surface area contributed by atoms with E-state index in [0.29, 0.717) is 25.1 Å². The van der Waals surface area contributed by atoms with E-state index >= 15 is 0 Å². The summed E-state index contributed by atoms with van der Waals surface area (Å²) < 4.78 is 0. The average molecular weight is 269 g/mol. The fourth-order valence-corrected chi connectivity index (χ4v) is 1.91. The van der Waals surface area contributed by atoms with E-state index in [-0.39, 0.29) is 24.1 Å². The summed E-state index contributed by atoms with van der Waals surface area (Å²) in [5, 5.41) is 37.7. The van der Waals surface area contributed by atoms with Gasteiger partial charge in [-0.15, -0.1) is 0 Å².